The van der Waals surface area contributed by atoms with Crippen molar-refractivity contribution < 1.29 is 13.2 Å². The van der Waals surface area contributed by atoms with Gasteiger partial charge in [-0.25, -0.2) is 8.42 Å². The van der Waals surface area contributed by atoms with E-state index in [-0.39, 0.29) is 16.8 Å². The third kappa shape index (κ3) is 5.37. The Hall–Kier alpha value is -1.76. The van der Waals surface area contributed by atoms with Gasteiger partial charge in [-0.3, -0.25) is 9.10 Å². The highest BCUT2D eigenvalue weighted by molar-refractivity contribution is 7.92. The summed E-state index contributed by atoms with van der Waals surface area (Å²) in [5.74, 6) is -0.445. The van der Waals surface area contributed by atoms with Crippen LogP contribution in [0.15, 0.2) is 42.5 Å². The largest absolute Gasteiger partial charge is 0.348 e. The van der Waals surface area contributed by atoms with Gasteiger partial charge in [0.25, 0.3) is 0 Å². The number of carbonyl (C=O) groups is 1. The van der Waals surface area contributed by atoms with Crippen molar-refractivity contribution in [2.24, 2.45) is 0 Å². The fourth-order valence-corrected chi connectivity index (χ4v) is 3.71. The number of halogens is 2. The fraction of sp³-hybridized carbons (Fsp3) is 0.278. The van der Waals surface area contributed by atoms with Crippen LogP contribution in [-0.2, 0) is 14.8 Å². The molecule has 1 atom stereocenters. The first-order valence-corrected chi connectivity index (χ1v) is 10.5. The second-order valence-electron chi connectivity index (χ2n) is 6.07. The highest BCUT2D eigenvalue weighted by atomic mass is 35.5. The summed E-state index contributed by atoms with van der Waals surface area (Å²) in [4.78, 5) is 12.4. The van der Waals surface area contributed by atoms with Crippen LogP contribution in [0.5, 0.6) is 0 Å². The van der Waals surface area contributed by atoms with Crippen LogP contribution in [0.4, 0.5) is 5.69 Å². The third-order valence-corrected chi connectivity index (χ3v) is 5.50. The molecule has 140 valence electrons. The Kier molecular flexibility index (Phi) is 6.55. The summed E-state index contributed by atoms with van der Waals surface area (Å²) >= 11 is 12.0. The summed E-state index contributed by atoms with van der Waals surface area (Å²) in [7, 11) is -3.73. The Bertz CT molecular complexity index is 899. The first-order chi connectivity index (χ1) is 12.1. The van der Waals surface area contributed by atoms with Gasteiger partial charge in [-0.15, -0.1) is 0 Å². The SMILES string of the molecule is Cc1ccc([C@H](C)NC(=O)CN(c2cc(Cl)ccc2Cl)S(C)(=O)=O)cc1. The number of sulfonamides is 1. The Morgan fingerprint density at radius 3 is 2.35 bits per heavy atom. The molecule has 0 aliphatic rings. The van der Waals surface area contributed by atoms with Crippen molar-refractivity contribution in [2.75, 3.05) is 17.1 Å². The molecule has 0 aliphatic carbocycles. The molecule has 5 nitrogen and oxygen atoms in total. The van der Waals surface area contributed by atoms with Gasteiger partial charge in [0.05, 0.1) is 23.0 Å². The third-order valence-electron chi connectivity index (χ3n) is 3.82. The molecule has 2 aromatic rings. The summed E-state index contributed by atoms with van der Waals surface area (Å²) in [6.07, 6.45) is 1.01. The van der Waals surface area contributed by atoms with Gasteiger partial charge in [-0.05, 0) is 37.6 Å². The molecule has 0 bridgehead atoms. The second kappa shape index (κ2) is 8.29. The van der Waals surface area contributed by atoms with Crippen molar-refractivity contribution >= 4 is 44.8 Å². The average Bonchev–Trinajstić information content (AvgIpc) is 2.54. The number of benzene rings is 2. The Balaban J connectivity index is 2.19. The predicted molar refractivity (Wildman–Crippen MR) is 106 cm³/mol. The van der Waals surface area contributed by atoms with Gasteiger partial charge in [0, 0.05) is 5.02 Å². The molecule has 2 rings (SSSR count). The standard InChI is InChI=1S/C18H20Cl2N2O3S/c1-12-4-6-14(7-5-12)13(2)21-18(23)11-22(26(3,24)25)17-10-15(19)8-9-16(17)20/h4-10,13H,11H2,1-3H3,(H,21,23)/t13-/m0/s1. The number of nitrogens with one attached hydrogen (secondary N) is 1. The first-order valence-electron chi connectivity index (χ1n) is 7.86. The fourth-order valence-electron chi connectivity index (χ4n) is 2.41. The highest BCUT2D eigenvalue weighted by Gasteiger charge is 2.24. The zero-order valence-corrected chi connectivity index (χ0v) is 17.0. The highest BCUT2D eigenvalue weighted by Crippen LogP contribution is 2.30. The summed E-state index contributed by atoms with van der Waals surface area (Å²) in [5.41, 5.74) is 2.21. The van der Waals surface area contributed by atoms with Gasteiger partial charge in [0.15, 0.2) is 0 Å². The van der Waals surface area contributed by atoms with E-state index < -0.39 is 22.5 Å². The van der Waals surface area contributed by atoms with Gasteiger partial charge in [0.1, 0.15) is 6.54 Å². The maximum Gasteiger partial charge on any atom is 0.241 e. The van der Waals surface area contributed by atoms with E-state index in [9.17, 15) is 13.2 Å². The van der Waals surface area contributed by atoms with E-state index in [0.717, 1.165) is 21.7 Å². The molecule has 0 radical (unpaired) electrons. The quantitative estimate of drug-likeness (QED) is 0.777. The number of amides is 1. The molecular weight excluding hydrogens is 395 g/mol. The van der Waals surface area contributed by atoms with E-state index >= 15 is 0 Å². The molecule has 2 aromatic carbocycles. The van der Waals surface area contributed by atoms with Crippen LogP contribution in [0.3, 0.4) is 0 Å². The zero-order chi connectivity index (χ0) is 19.5. The second-order valence-corrected chi connectivity index (χ2v) is 8.82. The van der Waals surface area contributed by atoms with E-state index in [2.05, 4.69) is 5.32 Å². The van der Waals surface area contributed by atoms with E-state index in [1.165, 1.54) is 12.1 Å². The lowest BCUT2D eigenvalue weighted by Gasteiger charge is -2.24. The number of nitrogens with zero attached hydrogens (tertiary/aromatic N) is 1. The minimum absolute atomic E-state index is 0.166. The number of rotatable bonds is 6. The molecule has 0 aliphatic heterocycles. The van der Waals surface area contributed by atoms with Gasteiger partial charge < -0.3 is 5.32 Å². The van der Waals surface area contributed by atoms with Crippen molar-refractivity contribution in [1.29, 1.82) is 0 Å². The van der Waals surface area contributed by atoms with Crippen LogP contribution in [-0.4, -0.2) is 27.1 Å². The smallest absolute Gasteiger partial charge is 0.241 e. The molecule has 0 fully saturated rings. The molecule has 0 aromatic heterocycles. The topological polar surface area (TPSA) is 66.5 Å². The Labute approximate surface area is 164 Å². The first kappa shape index (κ1) is 20.6. The van der Waals surface area contributed by atoms with Gasteiger partial charge in [-0.1, -0.05) is 53.0 Å². The number of anilines is 1. The number of hydrogen-bond donors (Lipinski definition) is 1. The van der Waals surface area contributed by atoms with Crippen molar-refractivity contribution in [3.63, 3.8) is 0 Å². The van der Waals surface area contributed by atoms with Crippen LogP contribution < -0.4 is 9.62 Å². The maximum absolute atomic E-state index is 12.4. The maximum atomic E-state index is 12.4. The van der Waals surface area contributed by atoms with E-state index in [4.69, 9.17) is 23.2 Å². The molecule has 0 saturated heterocycles. The van der Waals surface area contributed by atoms with Crippen LogP contribution in [0.1, 0.15) is 24.1 Å². The van der Waals surface area contributed by atoms with E-state index in [1.54, 1.807) is 6.07 Å². The minimum atomic E-state index is -3.73. The molecule has 0 spiro atoms. The van der Waals surface area contributed by atoms with Crippen LogP contribution in [0, 0.1) is 6.92 Å². The van der Waals surface area contributed by atoms with Gasteiger partial charge in [-0.2, -0.15) is 0 Å². The number of carbonyl (C=O) groups excluding carboxylic acids is 1. The van der Waals surface area contributed by atoms with Crippen LogP contribution in [0.2, 0.25) is 10.0 Å². The average molecular weight is 415 g/mol. The van der Waals surface area contributed by atoms with Crippen molar-refractivity contribution in [2.45, 2.75) is 19.9 Å². The molecule has 26 heavy (non-hydrogen) atoms. The Morgan fingerprint density at radius 1 is 1.15 bits per heavy atom. The zero-order valence-electron chi connectivity index (χ0n) is 14.7. The van der Waals surface area contributed by atoms with E-state index in [1.807, 2.05) is 38.1 Å². The monoisotopic (exact) mass is 414 g/mol. The molecule has 0 heterocycles. The molecule has 0 unspecified atom stereocenters. The summed E-state index contributed by atoms with van der Waals surface area (Å²) in [5, 5.41) is 3.32. The van der Waals surface area contributed by atoms with Crippen molar-refractivity contribution in [3.05, 3.63) is 63.6 Å². The lowest BCUT2D eigenvalue weighted by atomic mass is 10.1. The van der Waals surface area contributed by atoms with Crippen LogP contribution in [0.25, 0.3) is 0 Å². The number of aryl methyl sites for hydroxylation is 1. The van der Waals surface area contributed by atoms with Crippen LogP contribution >= 0.6 is 23.2 Å². The molecular formula is C18H20Cl2N2O3S. The van der Waals surface area contributed by atoms with Gasteiger partial charge in [0.2, 0.25) is 15.9 Å². The molecule has 8 heteroatoms. The van der Waals surface area contributed by atoms with Crippen molar-refractivity contribution in [1.82, 2.24) is 5.32 Å². The predicted octanol–water partition coefficient (Wildman–Crippen LogP) is 3.95. The lowest BCUT2D eigenvalue weighted by Crippen LogP contribution is -2.41. The van der Waals surface area contributed by atoms with Gasteiger partial charge >= 0.3 is 0 Å². The molecule has 1 amide bonds. The summed E-state index contributed by atoms with van der Waals surface area (Å²) < 4.78 is 25.3. The molecule has 0 saturated carbocycles. The van der Waals surface area contributed by atoms with E-state index in [0.29, 0.717) is 5.02 Å². The normalized spacial score (nSPS) is 12.5. The van der Waals surface area contributed by atoms with Crippen molar-refractivity contribution in [3.8, 4) is 0 Å². The lowest BCUT2D eigenvalue weighted by molar-refractivity contribution is -0.120. The molecule has 1 N–H and O–H groups in total. The number of hydrogen-bond acceptors (Lipinski definition) is 3. The minimum Gasteiger partial charge on any atom is -0.348 e. The Morgan fingerprint density at radius 2 is 1.77 bits per heavy atom. The summed E-state index contributed by atoms with van der Waals surface area (Å²) in [6.45, 7) is 3.42. The summed E-state index contributed by atoms with van der Waals surface area (Å²) in [6, 6.07) is 11.9.